The number of morpholine rings is 1. The lowest BCUT2D eigenvalue weighted by molar-refractivity contribution is -0.133. The van der Waals surface area contributed by atoms with E-state index < -0.39 is 8.32 Å². The number of hydrogen-bond acceptors (Lipinski definition) is 4. The Kier molecular flexibility index (Phi) is 7.36. The van der Waals surface area contributed by atoms with Crippen LogP contribution in [0.5, 0.6) is 0 Å². The molecule has 0 aromatic heterocycles. The van der Waals surface area contributed by atoms with E-state index in [2.05, 4.69) is 69.1 Å². The lowest BCUT2D eigenvalue weighted by Crippen LogP contribution is -2.57. The van der Waals surface area contributed by atoms with Crippen molar-refractivity contribution in [2.45, 2.75) is 83.2 Å². The van der Waals surface area contributed by atoms with Crippen LogP contribution in [-0.2, 0) is 20.5 Å². The molecular weight excluding hydrogens is 378 g/mol. The first-order valence-electron chi connectivity index (χ1n) is 11.2. The fourth-order valence-electron chi connectivity index (χ4n) is 4.30. The van der Waals surface area contributed by atoms with Gasteiger partial charge in [0.2, 0.25) is 0 Å². The number of carbonyl (C=O) groups excluding carboxylic acids is 1. The molecule has 0 spiro atoms. The number of fused-ring (bicyclic) bond motifs is 2. The Labute approximate surface area is 178 Å². The molecule has 29 heavy (non-hydrogen) atoms. The summed E-state index contributed by atoms with van der Waals surface area (Å²) in [5.41, 5.74) is 1.34. The molecule has 0 aliphatic carbocycles. The first kappa shape index (κ1) is 22.7. The second-order valence-electron chi connectivity index (χ2n) is 10.4. The molecule has 2 unspecified atom stereocenters. The number of carbonyl (C=O) groups is 1. The van der Waals surface area contributed by atoms with Gasteiger partial charge in [-0.3, -0.25) is 9.69 Å². The second-order valence-corrected chi connectivity index (χ2v) is 15.2. The van der Waals surface area contributed by atoms with Crippen LogP contribution in [-0.4, -0.2) is 50.9 Å². The molecule has 162 valence electrons. The molecule has 2 saturated heterocycles. The first-order valence-corrected chi connectivity index (χ1v) is 14.1. The Morgan fingerprint density at radius 1 is 1.14 bits per heavy atom. The van der Waals surface area contributed by atoms with Crippen LogP contribution in [0.25, 0.3) is 0 Å². The summed E-state index contributed by atoms with van der Waals surface area (Å²) in [7, 11) is -1.72. The van der Waals surface area contributed by atoms with Gasteiger partial charge in [-0.05, 0) is 43.0 Å². The van der Waals surface area contributed by atoms with Gasteiger partial charge >= 0.3 is 0 Å². The molecule has 2 fully saturated rings. The normalized spacial score (nSPS) is 25.8. The van der Waals surface area contributed by atoms with Crippen molar-refractivity contribution >= 4 is 14.1 Å². The van der Waals surface area contributed by atoms with E-state index in [4.69, 9.17) is 9.16 Å². The highest BCUT2D eigenvalue weighted by Gasteiger charge is 2.41. The summed E-state index contributed by atoms with van der Waals surface area (Å²) in [5.74, 6) is 0.619. The zero-order valence-corrected chi connectivity index (χ0v) is 19.9. The van der Waals surface area contributed by atoms with Crippen LogP contribution in [0.4, 0.5) is 0 Å². The molecule has 0 amide bonds. The largest absolute Gasteiger partial charge is 0.417 e. The number of piperidine rings is 1. The Morgan fingerprint density at radius 3 is 2.34 bits per heavy atom. The Hall–Kier alpha value is -1.01. The maximum Gasteiger partial charge on any atom is 0.191 e. The number of rotatable bonds is 8. The number of benzene rings is 1. The van der Waals surface area contributed by atoms with E-state index in [0.717, 1.165) is 39.0 Å². The van der Waals surface area contributed by atoms with E-state index in [-0.39, 0.29) is 11.0 Å². The maximum absolute atomic E-state index is 12.9. The molecule has 0 saturated carbocycles. The van der Waals surface area contributed by atoms with Crippen molar-refractivity contribution in [1.82, 2.24) is 4.90 Å². The smallest absolute Gasteiger partial charge is 0.191 e. The molecule has 2 atom stereocenters. The van der Waals surface area contributed by atoms with Crippen LogP contribution >= 0.6 is 0 Å². The summed E-state index contributed by atoms with van der Waals surface area (Å²) in [6.45, 7) is 14.5. The Balaban J connectivity index is 1.48. The highest BCUT2D eigenvalue weighted by Crippen LogP contribution is 2.37. The summed E-state index contributed by atoms with van der Waals surface area (Å²) >= 11 is 0. The van der Waals surface area contributed by atoms with Crippen molar-refractivity contribution in [3.05, 3.63) is 35.9 Å². The van der Waals surface area contributed by atoms with Crippen LogP contribution in [0.2, 0.25) is 18.1 Å². The van der Waals surface area contributed by atoms with Gasteiger partial charge in [-0.2, -0.15) is 0 Å². The zero-order valence-electron chi connectivity index (χ0n) is 18.9. The molecule has 2 aliphatic rings. The number of nitrogens with zero attached hydrogens (tertiary/aromatic N) is 1. The van der Waals surface area contributed by atoms with E-state index >= 15 is 0 Å². The molecule has 2 aliphatic heterocycles. The lowest BCUT2D eigenvalue weighted by Gasteiger charge is -2.48. The summed E-state index contributed by atoms with van der Waals surface area (Å²) < 4.78 is 12.1. The summed E-state index contributed by atoms with van der Waals surface area (Å²) in [5, 5.41) is 0.222. The summed E-state index contributed by atoms with van der Waals surface area (Å²) in [6, 6.07) is 11.4. The van der Waals surface area contributed by atoms with E-state index in [9.17, 15) is 4.79 Å². The van der Waals surface area contributed by atoms with Crippen LogP contribution in [0.1, 0.15) is 52.0 Å². The minimum atomic E-state index is -1.72. The molecule has 3 rings (SSSR count). The van der Waals surface area contributed by atoms with E-state index in [0.29, 0.717) is 30.9 Å². The third kappa shape index (κ3) is 5.78. The van der Waals surface area contributed by atoms with Gasteiger partial charge in [0, 0.05) is 37.6 Å². The fourth-order valence-corrected chi connectivity index (χ4v) is 5.39. The number of ketones is 1. The predicted octanol–water partition coefficient (Wildman–Crippen LogP) is 5.04. The van der Waals surface area contributed by atoms with Crippen LogP contribution in [0.15, 0.2) is 30.3 Å². The molecule has 4 nitrogen and oxygen atoms in total. The predicted molar refractivity (Wildman–Crippen MR) is 120 cm³/mol. The fraction of sp³-hybridized carbons (Fsp3) is 0.708. The van der Waals surface area contributed by atoms with Gasteiger partial charge in [-0.25, -0.2) is 0 Å². The van der Waals surface area contributed by atoms with Crippen LogP contribution < -0.4 is 0 Å². The third-order valence-corrected chi connectivity index (χ3v) is 11.7. The molecule has 0 radical (unpaired) electrons. The quantitative estimate of drug-likeness (QED) is 0.439. The molecule has 1 aromatic carbocycles. The number of ether oxygens (including phenoxy) is 1. The second kappa shape index (κ2) is 9.42. The first-order chi connectivity index (χ1) is 13.7. The van der Waals surface area contributed by atoms with Gasteiger partial charge in [0.15, 0.2) is 8.32 Å². The van der Waals surface area contributed by atoms with Crippen molar-refractivity contribution in [1.29, 1.82) is 0 Å². The van der Waals surface area contributed by atoms with Gasteiger partial charge in [0.25, 0.3) is 0 Å². The average Bonchev–Trinajstić information content (AvgIpc) is 2.64. The van der Waals surface area contributed by atoms with Gasteiger partial charge in [0.05, 0.1) is 13.2 Å². The van der Waals surface area contributed by atoms with E-state index in [1.54, 1.807) is 0 Å². The Morgan fingerprint density at radius 2 is 1.76 bits per heavy atom. The molecular formula is C24H39NO3Si. The highest BCUT2D eigenvalue weighted by molar-refractivity contribution is 6.74. The van der Waals surface area contributed by atoms with Gasteiger partial charge in [-0.15, -0.1) is 0 Å². The standard InChI is InChI=1S/C24H39NO3Si/c1-24(2,3)29(4,5)28-13-9-12-23(26)20-14-21-17-27-18-22(15-20)25(21)16-19-10-7-6-8-11-19/h6-8,10-11,20-22H,9,12-18H2,1-5H3. The van der Waals surface area contributed by atoms with Crippen molar-refractivity contribution in [3.63, 3.8) is 0 Å². The molecule has 5 heteroatoms. The number of Topliss-reactive ketones (excluding diaryl/α,β-unsaturated/α-hetero) is 1. The van der Waals surface area contributed by atoms with Crippen LogP contribution in [0, 0.1) is 5.92 Å². The maximum atomic E-state index is 12.9. The highest BCUT2D eigenvalue weighted by atomic mass is 28.4. The monoisotopic (exact) mass is 417 g/mol. The zero-order chi connectivity index (χ0) is 21.1. The molecule has 0 N–H and O–H groups in total. The lowest BCUT2D eigenvalue weighted by atomic mass is 9.81. The van der Waals surface area contributed by atoms with Gasteiger partial charge in [0.1, 0.15) is 5.78 Å². The molecule has 2 heterocycles. The minimum Gasteiger partial charge on any atom is -0.417 e. The average molecular weight is 418 g/mol. The SMILES string of the molecule is CC(C)(C)[Si](C)(C)OCCCC(=O)C1CC2COCC(C1)N2Cc1ccccc1. The van der Waals surface area contributed by atoms with E-state index in [1.807, 2.05) is 0 Å². The van der Waals surface area contributed by atoms with Crippen LogP contribution in [0.3, 0.4) is 0 Å². The third-order valence-electron chi connectivity index (χ3n) is 7.17. The summed E-state index contributed by atoms with van der Waals surface area (Å²) in [4.78, 5) is 15.5. The van der Waals surface area contributed by atoms with Gasteiger partial charge in [-0.1, -0.05) is 51.1 Å². The van der Waals surface area contributed by atoms with Crippen molar-refractivity contribution in [3.8, 4) is 0 Å². The van der Waals surface area contributed by atoms with Gasteiger partial charge < -0.3 is 9.16 Å². The summed E-state index contributed by atoms with van der Waals surface area (Å²) in [6.07, 6.45) is 3.37. The van der Waals surface area contributed by atoms with Crippen molar-refractivity contribution in [2.75, 3.05) is 19.8 Å². The Bertz CT molecular complexity index is 656. The topological polar surface area (TPSA) is 38.8 Å². The molecule has 1 aromatic rings. The number of hydrogen-bond donors (Lipinski definition) is 0. The van der Waals surface area contributed by atoms with Crippen molar-refractivity contribution in [2.24, 2.45) is 5.92 Å². The minimum absolute atomic E-state index is 0.189. The van der Waals surface area contributed by atoms with Crippen molar-refractivity contribution < 1.29 is 14.0 Å². The van der Waals surface area contributed by atoms with E-state index in [1.165, 1.54) is 5.56 Å². The molecule has 2 bridgehead atoms.